The Morgan fingerprint density at radius 3 is 2.76 bits per heavy atom. The van der Waals surface area contributed by atoms with Crippen molar-refractivity contribution in [3.8, 4) is 0 Å². The Morgan fingerprint density at radius 1 is 1.30 bits per heavy atom. The summed E-state index contributed by atoms with van der Waals surface area (Å²) >= 11 is 5.74. The fraction of sp³-hybridized carbons (Fsp3) is 0.250. The second-order valence-electron chi connectivity index (χ2n) is 7.30. The predicted octanol–water partition coefficient (Wildman–Crippen LogP) is 3.73. The fourth-order valence-corrected chi connectivity index (χ4v) is 3.64. The monoisotopic (exact) mass is 486 g/mol. The van der Waals surface area contributed by atoms with Gasteiger partial charge in [0.25, 0.3) is 11.7 Å². The van der Waals surface area contributed by atoms with Gasteiger partial charge >= 0.3 is 12.3 Å². The van der Waals surface area contributed by atoms with Crippen LogP contribution >= 0.6 is 11.6 Å². The van der Waals surface area contributed by atoms with E-state index in [0.717, 1.165) is 17.0 Å². The van der Waals surface area contributed by atoms with Crippen LogP contribution in [0.3, 0.4) is 0 Å². The number of H-pyrrole nitrogens is 1. The highest BCUT2D eigenvalue weighted by molar-refractivity contribution is 6.30. The summed E-state index contributed by atoms with van der Waals surface area (Å²) in [6.45, 7) is -0.240. The first-order valence-electron chi connectivity index (χ1n) is 9.48. The minimum absolute atomic E-state index is 0.0375. The number of halogens is 5. The smallest absolute Gasteiger partial charge is 0.407 e. The molecule has 1 unspecified atom stereocenters. The van der Waals surface area contributed by atoms with Crippen LogP contribution in [0.4, 0.5) is 28.0 Å². The van der Waals surface area contributed by atoms with Crippen LogP contribution in [-0.4, -0.2) is 39.4 Å². The largest absolute Gasteiger partial charge is 0.449 e. The summed E-state index contributed by atoms with van der Waals surface area (Å²) in [5.74, 6) is -5.24. The number of fused-ring (bicyclic) bond motifs is 1. The highest BCUT2D eigenvalue weighted by Crippen LogP contribution is 2.33. The summed E-state index contributed by atoms with van der Waals surface area (Å²) in [6, 6.07) is 7.56. The molecule has 2 amide bonds. The first-order chi connectivity index (χ1) is 15.4. The van der Waals surface area contributed by atoms with E-state index < -0.39 is 35.6 Å². The lowest BCUT2D eigenvalue weighted by Crippen LogP contribution is -2.46. The van der Waals surface area contributed by atoms with Crippen LogP contribution in [0.25, 0.3) is 11.0 Å². The first-order valence-corrected chi connectivity index (χ1v) is 9.85. The number of aromatic amines is 1. The van der Waals surface area contributed by atoms with Crippen molar-refractivity contribution in [1.29, 1.82) is 0 Å². The number of anilines is 1. The molecule has 0 bridgehead atoms. The first kappa shape index (κ1) is 22.8. The van der Waals surface area contributed by atoms with Gasteiger partial charge in [-0.2, -0.15) is 13.2 Å². The molecule has 0 radical (unpaired) electrons. The Labute approximate surface area is 188 Å². The molecular weight excluding hydrogens is 472 g/mol. The highest BCUT2D eigenvalue weighted by Gasteiger charge is 2.49. The molecule has 13 heteroatoms. The summed E-state index contributed by atoms with van der Waals surface area (Å²) in [6.07, 6.45) is -6.08. The normalized spacial score (nSPS) is 18.7. The Balaban J connectivity index is 1.44. The number of nitrogens with one attached hydrogen (secondary N) is 2. The van der Waals surface area contributed by atoms with Crippen LogP contribution in [-0.2, 0) is 22.3 Å². The molecule has 1 saturated heterocycles. The fourth-order valence-electron chi connectivity index (χ4n) is 3.40. The van der Waals surface area contributed by atoms with E-state index in [0.29, 0.717) is 5.56 Å². The average molecular weight is 487 g/mol. The number of hydrogen-bond donors (Lipinski definition) is 3. The van der Waals surface area contributed by atoms with Crippen LogP contribution in [0, 0.1) is 5.82 Å². The average Bonchev–Trinajstić information content (AvgIpc) is 3.27. The number of hydrogen-bond acceptors (Lipinski definition) is 5. The van der Waals surface area contributed by atoms with E-state index in [1.165, 1.54) is 24.3 Å². The molecule has 1 aliphatic rings. The minimum Gasteiger partial charge on any atom is -0.407 e. The lowest BCUT2D eigenvalue weighted by Gasteiger charge is -2.22. The maximum absolute atomic E-state index is 13.4. The summed E-state index contributed by atoms with van der Waals surface area (Å²) in [4.78, 5) is 31.5. The Hall–Kier alpha value is -3.38. The number of imidazole rings is 1. The number of alkyl carbamates (subject to hydrolysis) is 1. The maximum atomic E-state index is 13.4. The number of benzene rings is 2. The van der Waals surface area contributed by atoms with Gasteiger partial charge in [0.2, 0.25) is 5.82 Å². The molecule has 8 nitrogen and oxygen atoms in total. The van der Waals surface area contributed by atoms with Gasteiger partial charge in [-0.05, 0) is 42.0 Å². The van der Waals surface area contributed by atoms with Gasteiger partial charge in [-0.1, -0.05) is 11.6 Å². The molecule has 1 atom stereocenters. The third-order valence-corrected chi connectivity index (χ3v) is 5.14. The van der Waals surface area contributed by atoms with Crippen molar-refractivity contribution in [2.75, 3.05) is 11.4 Å². The molecule has 2 aromatic carbocycles. The van der Waals surface area contributed by atoms with Crippen molar-refractivity contribution >= 4 is 40.3 Å². The Morgan fingerprint density at radius 2 is 2.06 bits per heavy atom. The van der Waals surface area contributed by atoms with Crippen LogP contribution in [0.5, 0.6) is 0 Å². The zero-order valence-electron chi connectivity index (χ0n) is 16.5. The van der Waals surface area contributed by atoms with Crippen molar-refractivity contribution in [1.82, 2.24) is 15.3 Å². The second kappa shape index (κ2) is 8.19. The van der Waals surface area contributed by atoms with Crippen molar-refractivity contribution in [2.45, 2.75) is 24.9 Å². The zero-order valence-corrected chi connectivity index (χ0v) is 17.3. The third-order valence-electron chi connectivity index (χ3n) is 4.92. The van der Waals surface area contributed by atoms with Crippen LogP contribution < -0.4 is 10.2 Å². The van der Waals surface area contributed by atoms with Gasteiger partial charge in [-0.3, -0.25) is 4.79 Å². The minimum atomic E-state index is -4.67. The molecule has 3 aromatic rings. The SMILES string of the molecule is O=C(NCc1cc(F)cc(Cl)c1)OC1(O)CCN(c2ccc3nc(C(F)(F)F)[nH]c3c2)C1=O. The number of aromatic nitrogens is 2. The maximum Gasteiger partial charge on any atom is 0.449 e. The van der Waals surface area contributed by atoms with Crippen molar-refractivity contribution in [3.63, 3.8) is 0 Å². The van der Waals surface area contributed by atoms with Crippen LogP contribution in [0.2, 0.25) is 5.02 Å². The van der Waals surface area contributed by atoms with Crippen LogP contribution in [0.1, 0.15) is 17.8 Å². The molecule has 3 N–H and O–H groups in total. The molecular formula is C20H15ClF4N4O4. The highest BCUT2D eigenvalue weighted by atomic mass is 35.5. The Kier molecular flexibility index (Phi) is 5.66. The van der Waals surface area contributed by atoms with E-state index in [2.05, 4.69) is 15.3 Å². The van der Waals surface area contributed by atoms with E-state index in [9.17, 15) is 32.3 Å². The van der Waals surface area contributed by atoms with E-state index in [-0.39, 0.29) is 41.3 Å². The summed E-state index contributed by atoms with van der Waals surface area (Å²) < 4.78 is 56.8. The molecule has 33 heavy (non-hydrogen) atoms. The van der Waals surface area contributed by atoms with Gasteiger partial charge in [0.15, 0.2) is 0 Å². The van der Waals surface area contributed by atoms with Gasteiger partial charge in [0.05, 0.1) is 11.0 Å². The van der Waals surface area contributed by atoms with E-state index >= 15 is 0 Å². The van der Waals surface area contributed by atoms with E-state index in [1.807, 2.05) is 0 Å². The summed E-state index contributed by atoms with van der Waals surface area (Å²) in [5.41, 5.74) is 0.588. The lowest BCUT2D eigenvalue weighted by molar-refractivity contribution is -0.175. The third kappa shape index (κ3) is 4.71. The van der Waals surface area contributed by atoms with Gasteiger partial charge in [-0.25, -0.2) is 14.2 Å². The lowest BCUT2D eigenvalue weighted by atomic mass is 10.2. The van der Waals surface area contributed by atoms with Gasteiger partial charge in [-0.15, -0.1) is 0 Å². The quantitative estimate of drug-likeness (QED) is 0.385. The van der Waals surface area contributed by atoms with Crippen molar-refractivity contribution in [2.24, 2.45) is 0 Å². The molecule has 1 aromatic heterocycles. The molecule has 4 rings (SSSR count). The molecule has 0 saturated carbocycles. The molecule has 1 aliphatic heterocycles. The van der Waals surface area contributed by atoms with E-state index in [1.54, 1.807) is 0 Å². The van der Waals surface area contributed by atoms with Gasteiger partial charge in [0, 0.05) is 30.2 Å². The number of alkyl halides is 3. The number of carbonyl (C=O) groups excluding carboxylic acids is 2. The zero-order chi connectivity index (χ0) is 24.0. The number of carbonyl (C=O) groups is 2. The van der Waals surface area contributed by atoms with Crippen LogP contribution in [0.15, 0.2) is 36.4 Å². The standard InChI is InChI=1S/C20H15ClF4N4O4/c21-11-5-10(6-12(22)7-11)9-26-18(31)33-19(32)3-4-29(17(19)30)13-1-2-14-15(8-13)28-16(27-14)20(23,24)25/h1-2,5-8,32H,3-4,9H2,(H,26,31)(H,27,28). The number of rotatable bonds is 4. The molecule has 2 heterocycles. The second-order valence-corrected chi connectivity index (χ2v) is 7.73. The molecule has 1 fully saturated rings. The summed E-state index contributed by atoms with van der Waals surface area (Å²) in [7, 11) is 0. The summed E-state index contributed by atoms with van der Waals surface area (Å²) in [5, 5.41) is 13.0. The topological polar surface area (TPSA) is 108 Å². The molecule has 0 aliphatic carbocycles. The van der Waals surface area contributed by atoms with Gasteiger partial charge < -0.3 is 25.0 Å². The number of nitrogens with zero attached hydrogens (tertiary/aromatic N) is 2. The predicted molar refractivity (Wildman–Crippen MR) is 108 cm³/mol. The van der Waals surface area contributed by atoms with Crippen molar-refractivity contribution < 1.29 is 37.0 Å². The number of ether oxygens (including phenoxy) is 1. The molecule has 0 spiro atoms. The number of amides is 2. The Bertz CT molecular complexity index is 1230. The van der Waals surface area contributed by atoms with Crippen molar-refractivity contribution in [3.05, 3.63) is 58.6 Å². The van der Waals surface area contributed by atoms with E-state index in [4.69, 9.17) is 16.3 Å². The molecule has 174 valence electrons. The van der Waals surface area contributed by atoms with Gasteiger partial charge in [0.1, 0.15) is 5.82 Å². The number of aliphatic hydroxyl groups is 1.